The van der Waals surface area contributed by atoms with E-state index < -0.39 is 22.9 Å². The fourth-order valence-electron chi connectivity index (χ4n) is 2.08. The van der Waals surface area contributed by atoms with Gasteiger partial charge in [-0.1, -0.05) is 6.07 Å². The van der Waals surface area contributed by atoms with E-state index in [2.05, 4.69) is 15.0 Å². The largest absolute Gasteiger partial charge is 0.336 e. The zero-order chi connectivity index (χ0) is 15.1. The predicted octanol–water partition coefficient (Wildman–Crippen LogP) is 0.819. The molecule has 0 bridgehead atoms. The van der Waals surface area contributed by atoms with Gasteiger partial charge in [-0.15, -0.1) is 0 Å². The molecule has 0 amide bonds. The fourth-order valence-corrected chi connectivity index (χ4v) is 2.08. The van der Waals surface area contributed by atoms with Crippen LogP contribution in [0.15, 0.2) is 27.8 Å². The molecule has 0 saturated heterocycles. The van der Waals surface area contributed by atoms with Gasteiger partial charge in [0.1, 0.15) is 23.0 Å². The quantitative estimate of drug-likeness (QED) is 0.733. The predicted molar refractivity (Wildman–Crippen MR) is 71.1 cm³/mol. The number of aromatic nitrogens is 4. The SMILES string of the molecule is Cn1c(=O)[nH]c(=O)c2[nH]c(Cc3ccc(F)cc3F)nc21. The van der Waals surface area contributed by atoms with Crippen LogP contribution in [0.25, 0.3) is 11.2 Å². The van der Waals surface area contributed by atoms with Crippen molar-refractivity contribution in [3.05, 3.63) is 62.1 Å². The average Bonchev–Trinajstić information content (AvgIpc) is 2.84. The van der Waals surface area contributed by atoms with Crippen LogP contribution < -0.4 is 11.2 Å². The maximum atomic E-state index is 13.6. The molecular formula is C13H10F2N4O2. The van der Waals surface area contributed by atoms with Crippen LogP contribution in [0.1, 0.15) is 11.4 Å². The first-order chi connectivity index (χ1) is 9.95. The van der Waals surface area contributed by atoms with E-state index in [-0.39, 0.29) is 23.1 Å². The van der Waals surface area contributed by atoms with Crippen molar-refractivity contribution in [1.82, 2.24) is 19.5 Å². The summed E-state index contributed by atoms with van der Waals surface area (Å²) in [7, 11) is 1.46. The maximum absolute atomic E-state index is 13.6. The van der Waals surface area contributed by atoms with Crippen LogP contribution in [-0.2, 0) is 13.5 Å². The summed E-state index contributed by atoms with van der Waals surface area (Å²) in [5.74, 6) is -1.06. The van der Waals surface area contributed by atoms with Crippen LogP contribution >= 0.6 is 0 Å². The number of rotatable bonds is 2. The second kappa shape index (κ2) is 4.65. The summed E-state index contributed by atoms with van der Waals surface area (Å²) < 4.78 is 27.6. The third-order valence-corrected chi connectivity index (χ3v) is 3.18. The summed E-state index contributed by atoms with van der Waals surface area (Å²) in [6.07, 6.45) is 0.0500. The lowest BCUT2D eigenvalue weighted by molar-refractivity contribution is 0.574. The molecular weight excluding hydrogens is 282 g/mol. The molecule has 6 nitrogen and oxygen atoms in total. The molecule has 108 valence electrons. The highest BCUT2D eigenvalue weighted by Crippen LogP contribution is 2.14. The first-order valence-corrected chi connectivity index (χ1v) is 6.07. The third-order valence-electron chi connectivity index (χ3n) is 3.18. The molecule has 3 rings (SSSR count). The summed E-state index contributed by atoms with van der Waals surface area (Å²) in [6, 6.07) is 3.23. The van der Waals surface area contributed by atoms with E-state index in [0.717, 1.165) is 12.1 Å². The monoisotopic (exact) mass is 292 g/mol. The van der Waals surface area contributed by atoms with E-state index in [4.69, 9.17) is 0 Å². The average molecular weight is 292 g/mol. The van der Waals surface area contributed by atoms with Gasteiger partial charge in [0.05, 0.1) is 0 Å². The first kappa shape index (κ1) is 13.2. The molecule has 0 spiro atoms. The van der Waals surface area contributed by atoms with Gasteiger partial charge in [0.15, 0.2) is 5.65 Å². The lowest BCUT2D eigenvalue weighted by Gasteiger charge is -2.00. The Kier molecular flexibility index (Phi) is 2.93. The van der Waals surface area contributed by atoms with Gasteiger partial charge < -0.3 is 4.98 Å². The fraction of sp³-hybridized carbons (Fsp3) is 0.154. The molecule has 0 aliphatic heterocycles. The van der Waals surface area contributed by atoms with E-state index in [1.54, 1.807) is 0 Å². The highest BCUT2D eigenvalue weighted by atomic mass is 19.1. The second-order valence-electron chi connectivity index (χ2n) is 4.61. The summed E-state index contributed by atoms with van der Waals surface area (Å²) >= 11 is 0. The van der Waals surface area contributed by atoms with Crippen molar-refractivity contribution in [2.45, 2.75) is 6.42 Å². The number of hydrogen-bond acceptors (Lipinski definition) is 3. The number of aryl methyl sites for hydroxylation is 1. The van der Waals surface area contributed by atoms with Crippen molar-refractivity contribution in [1.29, 1.82) is 0 Å². The molecule has 8 heteroatoms. The van der Waals surface area contributed by atoms with Crippen molar-refractivity contribution < 1.29 is 8.78 Å². The summed E-state index contributed by atoms with van der Waals surface area (Å²) in [6.45, 7) is 0. The molecule has 2 N–H and O–H groups in total. The van der Waals surface area contributed by atoms with E-state index >= 15 is 0 Å². The van der Waals surface area contributed by atoms with Gasteiger partial charge >= 0.3 is 5.69 Å². The Balaban J connectivity index is 2.10. The standard InChI is InChI=1S/C13H10F2N4O2/c1-19-11-10(12(20)18-13(19)21)16-9(17-11)4-6-2-3-7(14)5-8(6)15/h2-3,5H,4H2,1H3,(H,16,17)(H,18,20,21). The van der Waals surface area contributed by atoms with Crippen LogP contribution in [0.4, 0.5) is 8.78 Å². The Bertz CT molecular complexity index is 955. The first-order valence-electron chi connectivity index (χ1n) is 6.07. The number of imidazole rings is 1. The molecule has 0 aliphatic rings. The van der Waals surface area contributed by atoms with Gasteiger partial charge in [0.25, 0.3) is 5.56 Å². The Labute approximate surface area is 116 Å². The highest BCUT2D eigenvalue weighted by Gasteiger charge is 2.12. The number of fused-ring (bicyclic) bond motifs is 1. The molecule has 2 heterocycles. The molecule has 2 aromatic heterocycles. The van der Waals surface area contributed by atoms with E-state index in [1.165, 1.54) is 17.7 Å². The van der Waals surface area contributed by atoms with Crippen LogP contribution in [0, 0.1) is 11.6 Å². The van der Waals surface area contributed by atoms with Gasteiger partial charge in [0, 0.05) is 19.5 Å². The number of aromatic amines is 2. The lowest BCUT2D eigenvalue weighted by atomic mass is 10.1. The minimum atomic E-state index is -0.696. The maximum Gasteiger partial charge on any atom is 0.329 e. The van der Waals surface area contributed by atoms with Gasteiger partial charge in [-0.05, 0) is 11.6 Å². The smallest absolute Gasteiger partial charge is 0.329 e. The van der Waals surface area contributed by atoms with Crippen molar-refractivity contribution >= 4 is 11.2 Å². The highest BCUT2D eigenvalue weighted by molar-refractivity contribution is 5.69. The Morgan fingerprint density at radius 2 is 2.00 bits per heavy atom. The van der Waals surface area contributed by atoms with Gasteiger partial charge in [-0.2, -0.15) is 0 Å². The minimum Gasteiger partial charge on any atom is -0.336 e. The van der Waals surface area contributed by atoms with Gasteiger partial charge in [-0.25, -0.2) is 18.6 Å². The minimum absolute atomic E-state index is 0.0500. The molecule has 21 heavy (non-hydrogen) atoms. The number of halogens is 2. The zero-order valence-electron chi connectivity index (χ0n) is 10.9. The second-order valence-corrected chi connectivity index (χ2v) is 4.61. The van der Waals surface area contributed by atoms with Crippen molar-refractivity contribution in [3.8, 4) is 0 Å². The number of H-pyrrole nitrogens is 2. The number of nitrogens with zero attached hydrogens (tertiary/aromatic N) is 2. The lowest BCUT2D eigenvalue weighted by Crippen LogP contribution is -2.28. The molecule has 0 unspecified atom stereocenters. The van der Waals surface area contributed by atoms with Crippen LogP contribution in [0.5, 0.6) is 0 Å². The van der Waals surface area contributed by atoms with Gasteiger partial charge in [-0.3, -0.25) is 14.3 Å². The molecule has 1 aromatic carbocycles. The van der Waals surface area contributed by atoms with Crippen molar-refractivity contribution in [3.63, 3.8) is 0 Å². The summed E-state index contributed by atoms with van der Waals surface area (Å²) in [5.41, 5.74) is -0.627. The van der Waals surface area contributed by atoms with Crippen LogP contribution in [0.2, 0.25) is 0 Å². The molecule has 0 fully saturated rings. The number of nitrogens with one attached hydrogen (secondary N) is 2. The van der Waals surface area contributed by atoms with Crippen LogP contribution in [0.3, 0.4) is 0 Å². The number of hydrogen-bond donors (Lipinski definition) is 2. The summed E-state index contributed by atoms with van der Waals surface area (Å²) in [4.78, 5) is 32.1. The Morgan fingerprint density at radius 3 is 2.71 bits per heavy atom. The Morgan fingerprint density at radius 1 is 1.24 bits per heavy atom. The van der Waals surface area contributed by atoms with Crippen LogP contribution in [-0.4, -0.2) is 19.5 Å². The third kappa shape index (κ3) is 2.24. The normalized spacial score (nSPS) is 11.2. The van der Waals surface area contributed by atoms with E-state index in [9.17, 15) is 18.4 Å². The van der Waals surface area contributed by atoms with Gasteiger partial charge in [0.2, 0.25) is 0 Å². The van der Waals surface area contributed by atoms with E-state index in [1.807, 2.05) is 0 Å². The zero-order valence-corrected chi connectivity index (χ0v) is 10.9. The molecule has 0 saturated carbocycles. The molecule has 0 radical (unpaired) electrons. The Hall–Kier alpha value is -2.77. The molecule has 0 atom stereocenters. The topological polar surface area (TPSA) is 83.5 Å². The van der Waals surface area contributed by atoms with E-state index in [0.29, 0.717) is 5.82 Å². The molecule has 3 aromatic rings. The summed E-state index contributed by atoms with van der Waals surface area (Å²) in [5, 5.41) is 0. The molecule has 0 aliphatic carbocycles. The van der Waals surface area contributed by atoms with Crippen molar-refractivity contribution in [2.75, 3.05) is 0 Å². The number of benzene rings is 1. The van der Waals surface area contributed by atoms with Crippen molar-refractivity contribution in [2.24, 2.45) is 7.05 Å².